The van der Waals surface area contributed by atoms with Gasteiger partial charge < -0.3 is 19.4 Å². The van der Waals surface area contributed by atoms with Crippen molar-refractivity contribution in [3.05, 3.63) is 71.2 Å². The van der Waals surface area contributed by atoms with Crippen molar-refractivity contribution in [2.24, 2.45) is 0 Å². The van der Waals surface area contributed by atoms with Crippen LogP contribution in [0.1, 0.15) is 34.7 Å². The van der Waals surface area contributed by atoms with E-state index in [0.29, 0.717) is 24.3 Å². The van der Waals surface area contributed by atoms with Gasteiger partial charge in [0.15, 0.2) is 0 Å². The highest BCUT2D eigenvalue weighted by Crippen LogP contribution is 2.33. The van der Waals surface area contributed by atoms with Crippen LogP contribution >= 0.6 is 0 Å². The van der Waals surface area contributed by atoms with E-state index in [-0.39, 0.29) is 30.1 Å². The quantitative estimate of drug-likeness (QED) is 0.577. The van der Waals surface area contributed by atoms with E-state index in [9.17, 15) is 27.5 Å². The zero-order valence-corrected chi connectivity index (χ0v) is 17.6. The number of aliphatic hydroxyl groups is 1. The third-order valence-corrected chi connectivity index (χ3v) is 5.56. The molecule has 0 aliphatic carbocycles. The second-order valence-electron chi connectivity index (χ2n) is 7.78. The van der Waals surface area contributed by atoms with E-state index in [2.05, 4.69) is 5.16 Å². The molecule has 0 bridgehead atoms. The molecule has 1 aromatic heterocycles. The monoisotopic (exact) mass is 463 g/mol. The fourth-order valence-corrected chi connectivity index (χ4v) is 3.85. The summed E-state index contributed by atoms with van der Waals surface area (Å²) in [6.45, 7) is 2.63. The number of nitrogens with zero attached hydrogens (tertiary/aromatic N) is 3. The molecule has 1 N–H and O–H groups in total. The Kier molecular flexibility index (Phi) is 6.11. The van der Waals surface area contributed by atoms with Crippen molar-refractivity contribution in [2.75, 3.05) is 31.1 Å². The van der Waals surface area contributed by atoms with Crippen LogP contribution in [0.2, 0.25) is 0 Å². The van der Waals surface area contributed by atoms with Gasteiger partial charge in [0.25, 0.3) is 5.91 Å². The topological polar surface area (TPSA) is 69.8 Å². The molecule has 4 rings (SSSR count). The van der Waals surface area contributed by atoms with Crippen LogP contribution in [0.3, 0.4) is 0 Å². The standard InChI is InChI=1S/C23H21F4N3O3/c1-14(31)19-20(15-5-7-17(24)8-6-15)28-33-21(19)22(32)30-11-9-29(10-12-30)18-4-2-3-16(13-18)23(25,26)27/h2-8,13-14,31H,9-12H2,1H3/t14-/m0/s1. The van der Waals surface area contributed by atoms with Crippen LogP contribution in [-0.2, 0) is 6.18 Å². The minimum absolute atomic E-state index is 0.114. The number of hydrogen-bond acceptors (Lipinski definition) is 5. The molecule has 2 heterocycles. The minimum atomic E-state index is -4.43. The number of rotatable bonds is 4. The second kappa shape index (κ2) is 8.86. The lowest BCUT2D eigenvalue weighted by Gasteiger charge is -2.36. The van der Waals surface area contributed by atoms with Gasteiger partial charge in [0, 0.05) is 37.4 Å². The Morgan fingerprint density at radius 2 is 1.76 bits per heavy atom. The summed E-state index contributed by atoms with van der Waals surface area (Å²) in [5, 5.41) is 14.2. The van der Waals surface area contributed by atoms with Gasteiger partial charge in [-0.3, -0.25) is 4.79 Å². The predicted octanol–water partition coefficient (Wildman–Crippen LogP) is 4.52. The Labute approximate surface area is 187 Å². The predicted molar refractivity (Wildman–Crippen MR) is 112 cm³/mol. The van der Waals surface area contributed by atoms with Gasteiger partial charge in [-0.05, 0) is 49.4 Å². The summed E-state index contributed by atoms with van der Waals surface area (Å²) in [4.78, 5) is 16.4. The van der Waals surface area contributed by atoms with Gasteiger partial charge in [-0.15, -0.1) is 0 Å². The molecule has 1 atom stereocenters. The smallest absolute Gasteiger partial charge is 0.388 e. The number of aliphatic hydroxyl groups excluding tert-OH is 1. The lowest BCUT2D eigenvalue weighted by atomic mass is 10.0. The molecule has 174 valence electrons. The lowest BCUT2D eigenvalue weighted by molar-refractivity contribution is -0.137. The number of piperazine rings is 1. The van der Waals surface area contributed by atoms with Crippen molar-refractivity contribution in [1.82, 2.24) is 10.1 Å². The minimum Gasteiger partial charge on any atom is -0.388 e. The lowest BCUT2D eigenvalue weighted by Crippen LogP contribution is -2.49. The zero-order valence-electron chi connectivity index (χ0n) is 17.6. The van der Waals surface area contributed by atoms with Crippen molar-refractivity contribution < 1.29 is 32.0 Å². The maximum absolute atomic E-state index is 13.3. The summed E-state index contributed by atoms with van der Waals surface area (Å²) in [6.07, 6.45) is -5.50. The average Bonchev–Trinajstić information content (AvgIpc) is 3.24. The van der Waals surface area contributed by atoms with Crippen molar-refractivity contribution in [2.45, 2.75) is 19.2 Å². The summed E-state index contributed by atoms with van der Waals surface area (Å²) < 4.78 is 57.6. The Morgan fingerprint density at radius 3 is 2.36 bits per heavy atom. The summed E-state index contributed by atoms with van der Waals surface area (Å²) in [7, 11) is 0. The van der Waals surface area contributed by atoms with Crippen LogP contribution in [0.5, 0.6) is 0 Å². The highest BCUT2D eigenvalue weighted by atomic mass is 19.4. The Morgan fingerprint density at radius 1 is 1.09 bits per heavy atom. The summed E-state index contributed by atoms with van der Waals surface area (Å²) in [5.74, 6) is -1.02. The molecule has 1 amide bonds. The van der Waals surface area contributed by atoms with Crippen LogP contribution in [0.25, 0.3) is 11.3 Å². The number of carbonyl (C=O) groups excluding carboxylic acids is 1. The number of alkyl halides is 3. The average molecular weight is 463 g/mol. The van der Waals surface area contributed by atoms with Crippen molar-refractivity contribution in [3.63, 3.8) is 0 Å². The number of hydrogen-bond donors (Lipinski definition) is 1. The zero-order chi connectivity index (χ0) is 23.8. The fourth-order valence-electron chi connectivity index (χ4n) is 3.85. The molecule has 6 nitrogen and oxygen atoms in total. The molecule has 1 aliphatic heterocycles. The van der Waals surface area contributed by atoms with Gasteiger partial charge in [-0.25, -0.2) is 4.39 Å². The molecular weight excluding hydrogens is 442 g/mol. The van der Waals surface area contributed by atoms with Crippen molar-refractivity contribution in [3.8, 4) is 11.3 Å². The van der Waals surface area contributed by atoms with E-state index in [1.807, 2.05) is 0 Å². The van der Waals surface area contributed by atoms with Gasteiger partial charge in [0.1, 0.15) is 11.5 Å². The van der Waals surface area contributed by atoms with Crippen molar-refractivity contribution in [1.29, 1.82) is 0 Å². The first-order chi connectivity index (χ1) is 15.6. The molecule has 1 fully saturated rings. The maximum atomic E-state index is 13.3. The molecule has 33 heavy (non-hydrogen) atoms. The van der Waals surface area contributed by atoms with E-state index in [0.717, 1.165) is 12.1 Å². The van der Waals surface area contributed by atoms with Gasteiger partial charge in [0.05, 0.1) is 17.2 Å². The van der Waals surface area contributed by atoms with Gasteiger partial charge in [-0.2, -0.15) is 13.2 Å². The summed E-state index contributed by atoms with van der Waals surface area (Å²) in [5.41, 5.74) is 0.641. The van der Waals surface area contributed by atoms with E-state index in [1.54, 1.807) is 11.0 Å². The number of halogens is 4. The normalized spacial score (nSPS) is 15.6. The first-order valence-electron chi connectivity index (χ1n) is 10.3. The van der Waals surface area contributed by atoms with Crippen molar-refractivity contribution >= 4 is 11.6 Å². The number of carbonyl (C=O) groups is 1. The molecule has 0 saturated carbocycles. The number of benzene rings is 2. The van der Waals surface area contributed by atoms with E-state index in [4.69, 9.17) is 4.52 Å². The van der Waals surface area contributed by atoms with Crippen LogP contribution in [0, 0.1) is 5.82 Å². The maximum Gasteiger partial charge on any atom is 0.416 e. The number of aromatic nitrogens is 1. The molecule has 0 spiro atoms. The summed E-state index contributed by atoms with van der Waals surface area (Å²) in [6, 6.07) is 10.5. The molecule has 0 radical (unpaired) electrons. The first kappa shape index (κ1) is 22.8. The van der Waals surface area contributed by atoms with Crippen LogP contribution in [-0.4, -0.2) is 47.2 Å². The van der Waals surface area contributed by atoms with Gasteiger partial charge in [-0.1, -0.05) is 11.2 Å². The largest absolute Gasteiger partial charge is 0.416 e. The van der Waals surface area contributed by atoms with Gasteiger partial charge in [0.2, 0.25) is 5.76 Å². The first-order valence-corrected chi connectivity index (χ1v) is 10.3. The third-order valence-electron chi connectivity index (χ3n) is 5.56. The molecule has 1 aliphatic rings. The van der Waals surface area contributed by atoms with Crippen LogP contribution in [0.15, 0.2) is 53.1 Å². The van der Waals surface area contributed by atoms with E-state index < -0.39 is 29.6 Å². The highest BCUT2D eigenvalue weighted by Gasteiger charge is 2.33. The molecule has 10 heteroatoms. The fraction of sp³-hybridized carbons (Fsp3) is 0.304. The highest BCUT2D eigenvalue weighted by molar-refractivity contribution is 5.95. The van der Waals surface area contributed by atoms with E-state index >= 15 is 0 Å². The number of amides is 1. The van der Waals surface area contributed by atoms with Gasteiger partial charge >= 0.3 is 6.18 Å². The third kappa shape index (κ3) is 4.70. The molecule has 1 saturated heterocycles. The number of anilines is 1. The Bertz CT molecular complexity index is 1130. The SMILES string of the molecule is C[C@H](O)c1c(-c2ccc(F)cc2)noc1C(=O)N1CCN(c2cccc(C(F)(F)F)c2)CC1. The van der Waals surface area contributed by atoms with Crippen LogP contribution < -0.4 is 4.90 Å². The molecule has 2 aromatic carbocycles. The molecule has 0 unspecified atom stereocenters. The Balaban J connectivity index is 1.51. The Hall–Kier alpha value is -3.40. The second-order valence-corrected chi connectivity index (χ2v) is 7.78. The van der Waals surface area contributed by atoms with Crippen LogP contribution in [0.4, 0.5) is 23.2 Å². The molecular formula is C23H21F4N3O3. The summed E-state index contributed by atoms with van der Waals surface area (Å²) >= 11 is 0. The molecule has 3 aromatic rings. The van der Waals surface area contributed by atoms with E-state index in [1.165, 1.54) is 42.2 Å².